The summed E-state index contributed by atoms with van der Waals surface area (Å²) in [5, 5.41) is 3.27. The minimum atomic E-state index is -0.265. The molecule has 0 unspecified atom stereocenters. The standard InChI is InChI=1S/C23H20N4O4S2/c1-3-26-22(29)18(33-23(26)32)10-15-19(25-20-13(2)5-4-8-27(20)21(15)28)24-11-14-6-7-16-17(9-14)31-12-30-16/h4-10,24H,3,11-12H2,1-2H3. The van der Waals surface area contributed by atoms with E-state index >= 15 is 0 Å². The van der Waals surface area contributed by atoms with Gasteiger partial charge in [-0.05, 0) is 49.2 Å². The lowest BCUT2D eigenvalue weighted by atomic mass is 10.2. The molecule has 5 rings (SSSR count). The molecule has 168 valence electrons. The Morgan fingerprint density at radius 1 is 1.24 bits per heavy atom. The summed E-state index contributed by atoms with van der Waals surface area (Å²) in [5.41, 5.74) is 2.39. The van der Waals surface area contributed by atoms with E-state index in [1.165, 1.54) is 21.1 Å². The number of hydrogen-bond acceptors (Lipinski definition) is 8. The van der Waals surface area contributed by atoms with Crippen LogP contribution in [0.15, 0.2) is 46.2 Å². The molecule has 0 radical (unpaired) electrons. The highest BCUT2D eigenvalue weighted by atomic mass is 32.2. The number of nitrogens with one attached hydrogen (secondary N) is 1. The molecule has 0 spiro atoms. The highest BCUT2D eigenvalue weighted by Crippen LogP contribution is 2.34. The molecule has 1 N–H and O–H groups in total. The second-order valence-corrected chi connectivity index (χ2v) is 9.21. The predicted molar refractivity (Wildman–Crippen MR) is 132 cm³/mol. The molecule has 1 fully saturated rings. The Labute approximate surface area is 199 Å². The first-order valence-electron chi connectivity index (χ1n) is 10.4. The van der Waals surface area contributed by atoms with Gasteiger partial charge in [0.1, 0.15) is 15.8 Å². The lowest BCUT2D eigenvalue weighted by Crippen LogP contribution is -2.27. The van der Waals surface area contributed by atoms with Crippen molar-refractivity contribution in [3.8, 4) is 11.5 Å². The van der Waals surface area contributed by atoms with E-state index < -0.39 is 0 Å². The quantitative estimate of drug-likeness (QED) is 0.438. The average Bonchev–Trinajstić information content (AvgIpc) is 3.38. The van der Waals surface area contributed by atoms with E-state index in [4.69, 9.17) is 26.7 Å². The number of benzene rings is 1. The maximum atomic E-state index is 13.4. The number of rotatable bonds is 5. The molecule has 8 nitrogen and oxygen atoms in total. The molecule has 0 bridgehead atoms. The summed E-state index contributed by atoms with van der Waals surface area (Å²) in [6, 6.07) is 9.36. The van der Waals surface area contributed by atoms with Crippen molar-refractivity contribution in [1.29, 1.82) is 0 Å². The van der Waals surface area contributed by atoms with E-state index in [2.05, 4.69) is 5.32 Å². The average molecular weight is 481 g/mol. The molecule has 3 aromatic rings. The number of anilines is 1. The van der Waals surface area contributed by atoms with Crippen molar-refractivity contribution >= 4 is 51.7 Å². The zero-order valence-corrected chi connectivity index (χ0v) is 19.6. The summed E-state index contributed by atoms with van der Waals surface area (Å²) in [6.07, 6.45) is 3.26. The number of aryl methyl sites for hydroxylation is 1. The fourth-order valence-corrected chi connectivity index (χ4v) is 5.08. The van der Waals surface area contributed by atoms with Crippen molar-refractivity contribution in [2.45, 2.75) is 20.4 Å². The Hall–Kier alpha value is -3.37. The monoisotopic (exact) mass is 480 g/mol. The number of carbonyl (C=O) groups is 1. The lowest BCUT2D eigenvalue weighted by molar-refractivity contribution is -0.121. The molecule has 1 amide bonds. The third-order valence-electron chi connectivity index (χ3n) is 5.45. The second kappa shape index (κ2) is 8.53. The molecule has 1 aromatic carbocycles. The lowest BCUT2D eigenvalue weighted by Gasteiger charge is -2.13. The van der Waals surface area contributed by atoms with Gasteiger partial charge < -0.3 is 14.8 Å². The van der Waals surface area contributed by atoms with E-state index in [0.29, 0.717) is 50.8 Å². The van der Waals surface area contributed by atoms with Crippen LogP contribution in [0.5, 0.6) is 11.5 Å². The number of likely N-dealkylation sites (N-methyl/N-ethyl adjacent to an activating group) is 1. The van der Waals surface area contributed by atoms with Gasteiger partial charge in [-0.3, -0.25) is 18.9 Å². The summed E-state index contributed by atoms with van der Waals surface area (Å²) < 4.78 is 12.8. The minimum absolute atomic E-state index is 0.203. The summed E-state index contributed by atoms with van der Waals surface area (Å²) in [4.78, 5) is 32.8. The highest BCUT2D eigenvalue weighted by molar-refractivity contribution is 8.26. The molecule has 2 aliphatic rings. The van der Waals surface area contributed by atoms with Crippen LogP contribution >= 0.6 is 24.0 Å². The van der Waals surface area contributed by atoms with Gasteiger partial charge in [0.25, 0.3) is 11.5 Å². The molecular formula is C23H20N4O4S2. The van der Waals surface area contributed by atoms with E-state index in [-0.39, 0.29) is 18.3 Å². The van der Waals surface area contributed by atoms with Crippen LogP contribution in [0.3, 0.4) is 0 Å². The number of thioether (sulfide) groups is 1. The third kappa shape index (κ3) is 3.85. The van der Waals surface area contributed by atoms with Gasteiger partial charge in [-0.25, -0.2) is 4.98 Å². The van der Waals surface area contributed by atoms with Crippen LogP contribution in [-0.2, 0) is 11.3 Å². The number of thiocarbonyl (C=S) groups is 1. The maximum absolute atomic E-state index is 13.4. The van der Waals surface area contributed by atoms with Crippen LogP contribution in [0, 0.1) is 6.92 Å². The van der Waals surface area contributed by atoms with Crippen molar-refractivity contribution in [3.05, 3.63) is 68.5 Å². The Morgan fingerprint density at radius 3 is 2.85 bits per heavy atom. The smallest absolute Gasteiger partial charge is 0.267 e. The van der Waals surface area contributed by atoms with Gasteiger partial charge in [0, 0.05) is 19.3 Å². The molecule has 2 aromatic heterocycles. The highest BCUT2D eigenvalue weighted by Gasteiger charge is 2.31. The molecule has 10 heteroatoms. The largest absolute Gasteiger partial charge is 0.454 e. The fourth-order valence-electron chi connectivity index (χ4n) is 3.72. The molecule has 4 heterocycles. The van der Waals surface area contributed by atoms with Crippen LogP contribution in [0.2, 0.25) is 0 Å². The minimum Gasteiger partial charge on any atom is -0.454 e. The Bertz CT molecular complexity index is 1400. The van der Waals surface area contributed by atoms with Crippen molar-refractivity contribution in [2.75, 3.05) is 18.7 Å². The topological polar surface area (TPSA) is 85.2 Å². The number of nitrogens with zero attached hydrogens (tertiary/aromatic N) is 3. The first-order valence-corrected chi connectivity index (χ1v) is 11.6. The van der Waals surface area contributed by atoms with E-state index in [9.17, 15) is 9.59 Å². The van der Waals surface area contributed by atoms with Crippen molar-refractivity contribution < 1.29 is 14.3 Å². The summed E-state index contributed by atoms with van der Waals surface area (Å²) in [7, 11) is 0. The Balaban J connectivity index is 1.57. The number of hydrogen-bond donors (Lipinski definition) is 1. The van der Waals surface area contributed by atoms with Gasteiger partial charge in [0.2, 0.25) is 6.79 Å². The van der Waals surface area contributed by atoms with Crippen molar-refractivity contribution in [1.82, 2.24) is 14.3 Å². The van der Waals surface area contributed by atoms with Crippen LogP contribution in [-0.4, -0.2) is 37.8 Å². The van der Waals surface area contributed by atoms with Crippen LogP contribution in [0.25, 0.3) is 11.7 Å². The van der Waals surface area contributed by atoms with Crippen LogP contribution in [0.1, 0.15) is 23.6 Å². The third-order valence-corrected chi connectivity index (χ3v) is 6.82. The van der Waals surface area contributed by atoms with E-state index in [1.807, 2.05) is 38.1 Å². The van der Waals surface area contributed by atoms with Gasteiger partial charge >= 0.3 is 0 Å². The van der Waals surface area contributed by atoms with E-state index in [1.54, 1.807) is 18.3 Å². The number of ether oxygens (including phenoxy) is 2. The zero-order chi connectivity index (χ0) is 23.1. The van der Waals surface area contributed by atoms with Gasteiger partial charge in [-0.2, -0.15) is 0 Å². The van der Waals surface area contributed by atoms with Crippen LogP contribution < -0.4 is 20.3 Å². The van der Waals surface area contributed by atoms with Crippen molar-refractivity contribution in [2.24, 2.45) is 0 Å². The van der Waals surface area contributed by atoms with E-state index in [0.717, 1.165) is 11.1 Å². The summed E-state index contributed by atoms with van der Waals surface area (Å²) >= 11 is 6.50. The van der Waals surface area contributed by atoms with Gasteiger partial charge in [-0.1, -0.05) is 36.1 Å². The Morgan fingerprint density at radius 2 is 2.06 bits per heavy atom. The van der Waals surface area contributed by atoms with Gasteiger partial charge in [-0.15, -0.1) is 0 Å². The molecule has 2 aliphatic heterocycles. The zero-order valence-electron chi connectivity index (χ0n) is 18.0. The van der Waals surface area contributed by atoms with Crippen molar-refractivity contribution in [3.63, 3.8) is 0 Å². The number of carbonyl (C=O) groups excluding carboxylic acids is 1. The molecule has 0 atom stereocenters. The number of pyridine rings is 1. The first-order chi connectivity index (χ1) is 16.0. The fraction of sp³-hybridized carbons (Fsp3) is 0.217. The van der Waals surface area contributed by atoms with Gasteiger partial charge in [0.15, 0.2) is 11.5 Å². The number of fused-ring (bicyclic) bond motifs is 2. The number of amides is 1. The number of aromatic nitrogens is 2. The molecule has 0 saturated carbocycles. The predicted octanol–water partition coefficient (Wildman–Crippen LogP) is 3.56. The first kappa shape index (κ1) is 21.5. The molecule has 1 saturated heterocycles. The maximum Gasteiger partial charge on any atom is 0.267 e. The summed E-state index contributed by atoms with van der Waals surface area (Å²) in [6.45, 7) is 4.85. The second-order valence-electron chi connectivity index (χ2n) is 7.53. The normalized spacial score (nSPS) is 16.3. The van der Waals surface area contributed by atoms with Crippen LogP contribution in [0.4, 0.5) is 5.82 Å². The molecule has 0 aliphatic carbocycles. The molecular weight excluding hydrogens is 460 g/mol. The summed E-state index contributed by atoms with van der Waals surface area (Å²) in [5.74, 6) is 1.58. The Kier molecular flexibility index (Phi) is 5.55. The molecule has 33 heavy (non-hydrogen) atoms. The SMILES string of the molecule is CCN1C(=O)C(=Cc2c(NCc3ccc4c(c3)OCO4)nc3c(C)cccn3c2=O)SC1=S. The van der Waals surface area contributed by atoms with Gasteiger partial charge in [0.05, 0.1) is 10.5 Å².